The van der Waals surface area contributed by atoms with Gasteiger partial charge < -0.3 is 29.7 Å². The van der Waals surface area contributed by atoms with Gasteiger partial charge in [0.15, 0.2) is 6.23 Å². The van der Waals surface area contributed by atoms with Gasteiger partial charge in [0.1, 0.15) is 36.5 Å². The SMILES string of the molecule is Nc1ccn([C@@H]2O[C@H](COc3ccsc3)[C@@H](O[PH](=O)O)[C@H]2O)c(=O)n1. The summed E-state index contributed by atoms with van der Waals surface area (Å²) in [5.41, 5.74) is 4.72. The smallest absolute Gasteiger partial charge is 0.351 e. The van der Waals surface area contributed by atoms with Crippen LogP contribution in [0.2, 0.25) is 0 Å². The molecule has 0 radical (unpaired) electrons. The first kappa shape index (κ1) is 18.1. The van der Waals surface area contributed by atoms with Crippen molar-refractivity contribution in [2.24, 2.45) is 0 Å². The van der Waals surface area contributed by atoms with Crippen molar-refractivity contribution in [2.45, 2.75) is 24.5 Å². The van der Waals surface area contributed by atoms with Crippen LogP contribution in [0.25, 0.3) is 0 Å². The molecule has 25 heavy (non-hydrogen) atoms. The molecule has 12 heteroatoms. The maximum atomic E-state index is 12.0. The Morgan fingerprint density at radius 2 is 2.28 bits per heavy atom. The van der Waals surface area contributed by atoms with Crippen LogP contribution in [-0.2, 0) is 13.8 Å². The molecule has 0 aromatic carbocycles. The third-order valence-corrected chi connectivity index (χ3v) is 4.72. The number of anilines is 1. The first-order chi connectivity index (χ1) is 12.0. The number of aliphatic hydroxyl groups excluding tert-OH is 1. The van der Waals surface area contributed by atoms with E-state index in [1.165, 1.54) is 23.6 Å². The molecule has 1 saturated heterocycles. The van der Waals surface area contributed by atoms with E-state index in [1.54, 1.807) is 11.4 Å². The van der Waals surface area contributed by atoms with Gasteiger partial charge in [-0.25, -0.2) is 4.79 Å². The number of rotatable bonds is 6. The lowest BCUT2D eigenvalue weighted by atomic mass is 10.1. The fraction of sp³-hybridized carbons (Fsp3) is 0.385. The minimum atomic E-state index is -3.34. The van der Waals surface area contributed by atoms with E-state index in [0.717, 1.165) is 4.57 Å². The van der Waals surface area contributed by atoms with E-state index < -0.39 is 38.5 Å². The van der Waals surface area contributed by atoms with Crippen molar-refractivity contribution in [3.63, 3.8) is 0 Å². The minimum absolute atomic E-state index is 0.0271. The predicted molar refractivity (Wildman–Crippen MR) is 88.7 cm³/mol. The van der Waals surface area contributed by atoms with Gasteiger partial charge in [-0.3, -0.25) is 9.13 Å². The Kier molecular flexibility index (Phi) is 5.52. The molecule has 0 spiro atoms. The third-order valence-electron chi connectivity index (χ3n) is 3.58. The van der Waals surface area contributed by atoms with Crippen molar-refractivity contribution < 1.29 is 28.6 Å². The van der Waals surface area contributed by atoms with Crippen LogP contribution in [0.4, 0.5) is 5.82 Å². The minimum Gasteiger partial charge on any atom is -0.490 e. The average molecular weight is 389 g/mol. The van der Waals surface area contributed by atoms with Gasteiger partial charge in [-0.2, -0.15) is 4.98 Å². The standard InChI is InChI=1S/C13H16N3O7PS/c14-9-1-3-16(13(18)15-9)12-10(17)11(23-24(19)20)8(22-12)5-21-7-2-4-25-6-7/h1-4,6,8,10-12,17,24H,5H2,(H,19,20)(H2,14,15,18)/t8-,10-,11-,12-/m1/s1. The Labute approximate surface area is 146 Å². The second-order valence-corrected chi connectivity index (χ2v) is 6.76. The molecule has 0 saturated carbocycles. The first-order valence-electron chi connectivity index (χ1n) is 7.18. The molecule has 2 aromatic rings. The van der Waals surface area contributed by atoms with Gasteiger partial charge in [0.25, 0.3) is 0 Å². The molecule has 0 aliphatic carbocycles. The van der Waals surface area contributed by atoms with Gasteiger partial charge >= 0.3 is 13.9 Å². The lowest BCUT2D eigenvalue weighted by Gasteiger charge is -2.19. The van der Waals surface area contributed by atoms with Gasteiger partial charge in [-0.1, -0.05) is 0 Å². The summed E-state index contributed by atoms with van der Waals surface area (Å²) in [4.78, 5) is 24.6. The van der Waals surface area contributed by atoms with Crippen molar-refractivity contribution in [3.8, 4) is 5.75 Å². The van der Waals surface area contributed by atoms with Gasteiger partial charge in [0.2, 0.25) is 0 Å². The van der Waals surface area contributed by atoms with E-state index in [0.29, 0.717) is 5.75 Å². The van der Waals surface area contributed by atoms with E-state index in [2.05, 4.69) is 4.98 Å². The summed E-state index contributed by atoms with van der Waals surface area (Å²) in [6.07, 6.45) is -3.22. The van der Waals surface area contributed by atoms with Gasteiger partial charge in [0, 0.05) is 11.6 Å². The highest BCUT2D eigenvalue weighted by molar-refractivity contribution is 7.32. The number of aliphatic hydroxyl groups is 1. The average Bonchev–Trinajstić information content (AvgIpc) is 3.16. The highest BCUT2D eigenvalue weighted by Gasteiger charge is 2.47. The van der Waals surface area contributed by atoms with Crippen LogP contribution in [0.5, 0.6) is 5.75 Å². The number of hydrogen-bond donors (Lipinski definition) is 3. The number of nitrogen functional groups attached to an aromatic ring is 1. The molecule has 1 fully saturated rings. The molecule has 5 atom stereocenters. The van der Waals surface area contributed by atoms with Gasteiger partial charge in [-0.15, -0.1) is 11.3 Å². The largest absolute Gasteiger partial charge is 0.490 e. The molecule has 3 rings (SSSR count). The van der Waals surface area contributed by atoms with Crippen LogP contribution >= 0.6 is 19.6 Å². The van der Waals surface area contributed by atoms with Crippen molar-refractivity contribution in [3.05, 3.63) is 39.6 Å². The molecule has 2 aromatic heterocycles. The van der Waals surface area contributed by atoms with Crippen LogP contribution in [0.3, 0.4) is 0 Å². The highest BCUT2D eigenvalue weighted by atomic mass is 32.1. The summed E-state index contributed by atoms with van der Waals surface area (Å²) >= 11 is 1.44. The lowest BCUT2D eigenvalue weighted by Crippen LogP contribution is -2.37. The number of thiophene rings is 1. The molecule has 1 aliphatic heterocycles. The van der Waals surface area contributed by atoms with Crippen molar-refractivity contribution in [1.29, 1.82) is 0 Å². The van der Waals surface area contributed by atoms with Crippen molar-refractivity contribution in [1.82, 2.24) is 9.55 Å². The molecule has 1 unspecified atom stereocenters. The summed E-state index contributed by atoms with van der Waals surface area (Å²) in [5, 5.41) is 14.0. The number of hydrogen-bond acceptors (Lipinski definition) is 9. The Morgan fingerprint density at radius 1 is 1.48 bits per heavy atom. The van der Waals surface area contributed by atoms with Crippen LogP contribution in [0.15, 0.2) is 33.9 Å². The van der Waals surface area contributed by atoms with Gasteiger partial charge in [0.05, 0.1) is 0 Å². The number of nitrogens with zero attached hydrogens (tertiary/aromatic N) is 2. The van der Waals surface area contributed by atoms with Crippen LogP contribution in [0.1, 0.15) is 6.23 Å². The topological polar surface area (TPSA) is 146 Å². The van der Waals surface area contributed by atoms with E-state index in [1.807, 2.05) is 5.38 Å². The summed E-state index contributed by atoms with van der Waals surface area (Å²) < 4.78 is 28.2. The van der Waals surface area contributed by atoms with E-state index in [-0.39, 0.29) is 12.4 Å². The monoisotopic (exact) mass is 389 g/mol. The summed E-state index contributed by atoms with van der Waals surface area (Å²) in [5.74, 6) is 0.618. The summed E-state index contributed by atoms with van der Waals surface area (Å²) in [6.45, 7) is -0.0404. The molecule has 3 heterocycles. The van der Waals surface area contributed by atoms with Crippen molar-refractivity contribution >= 4 is 25.4 Å². The lowest BCUT2D eigenvalue weighted by molar-refractivity contribution is -0.0510. The second kappa shape index (κ2) is 7.65. The number of ether oxygens (including phenoxy) is 2. The van der Waals surface area contributed by atoms with E-state index >= 15 is 0 Å². The third kappa shape index (κ3) is 4.09. The molecular weight excluding hydrogens is 373 g/mol. The zero-order valence-corrected chi connectivity index (χ0v) is 14.5. The fourth-order valence-electron chi connectivity index (χ4n) is 2.48. The summed E-state index contributed by atoms with van der Waals surface area (Å²) in [7, 11) is -3.34. The Balaban J connectivity index is 1.81. The zero-order valence-electron chi connectivity index (χ0n) is 12.7. The highest BCUT2D eigenvalue weighted by Crippen LogP contribution is 2.35. The van der Waals surface area contributed by atoms with Crippen molar-refractivity contribution in [2.75, 3.05) is 12.3 Å². The van der Waals surface area contributed by atoms with Crippen LogP contribution < -0.4 is 16.2 Å². The molecule has 0 amide bonds. The quantitative estimate of drug-likeness (QED) is 0.581. The fourth-order valence-corrected chi connectivity index (χ4v) is 3.57. The molecule has 10 nitrogen and oxygen atoms in total. The molecule has 0 bridgehead atoms. The molecule has 136 valence electrons. The number of nitrogens with two attached hydrogens (primary N) is 1. The Bertz CT molecular complexity index is 799. The van der Waals surface area contributed by atoms with Gasteiger partial charge in [-0.05, 0) is 17.5 Å². The Hall–Kier alpha value is -1.75. The molecule has 4 N–H and O–H groups in total. The van der Waals surface area contributed by atoms with Crippen LogP contribution in [-0.4, -0.2) is 44.5 Å². The first-order valence-corrected chi connectivity index (χ1v) is 9.39. The maximum absolute atomic E-state index is 12.0. The maximum Gasteiger partial charge on any atom is 0.351 e. The predicted octanol–water partition coefficient (Wildman–Crippen LogP) is -0.00850. The van der Waals surface area contributed by atoms with Crippen LogP contribution in [0, 0.1) is 0 Å². The zero-order chi connectivity index (χ0) is 18.0. The van der Waals surface area contributed by atoms with E-state index in [4.69, 9.17) is 24.6 Å². The number of aromatic nitrogens is 2. The molecular formula is C13H16N3O7PS. The Morgan fingerprint density at radius 3 is 2.92 bits per heavy atom. The second-order valence-electron chi connectivity index (χ2n) is 5.22. The summed E-state index contributed by atoms with van der Waals surface area (Å²) in [6, 6.07) is 3.12. The van der Waals surface area contributed by atoms with E-state index in [9.17, 15) is 14.5 Å². The normalized spacial score (nSPS) is 27.3. The molecule has 1 aliphatic rings.